The molecule has 9 nitrogen and oxygen atoms in total. The maximum Gasteiger partial charge on any atom is 0.180 e. The molecule has 1 unspecified atom stereocenters. The molecule has 1 N–H and O–H groups in total. The molecule has 4 aromatic rings. The number of anilines is 1. The fraction of sp³-hybridized carbons (Fsp3) is 0.350. The Kier molecular flexibility index (Phi) is 3.80. The van der Waals surface area contributed by atoms with Gasteiger partial charge in [0, 0.05) is 43.2 Å². The van der Waals surface area contributed by atoms with Crippen molar-refractivity contribution in [3.63, 3.8) is 0 Å². The maximum atomic E-state index is 5.91. The van der Waals surface area contributed by atoms with E-state index in [-0.39, 0.29) is 6.10 Å². The molecular weight excluding hydrogens is 368 g/mol. The fourth-order valence-corrected chi connectivity index (χ4v) is 3.80. The molecule has 1 saturated heterocycles. The van der Waals surface area contributed by atoms with Gasteiger partial charge in [0.25, 0.3) is 0 Å². The highest BCUT2D eigenvalue weighted by molar-refractivity contribution is 5.58. The third-order valence-corrected chi connectivity index (χ3v) is 5.56. The first-order chi connectivity index (χ1) is 14.3. The van der Waals surface area contributed by atoms with Crippen molar-refractivity contribution in [3.05, 3.63) is 54.5 Å². The summed E-state index contributed by atoms with van der Waals surface area (Å²) in [6.45, 7) is 2.15. The summed E-state index contributed by atoms with van der Waals surface area (Å²) in [5.74, 6) is 2.13. The molecule has 4 aromatic heterocycles. The zero-order valence-electron chi connectivity index (χ0n) is 15.8. The van der Waals surface area contributed by atoms with Gasteiger partial charge in [-0.15, -0.1) is 0 Å². The smallest absolute Gasteiger partial charge is 0.180 e. The summed E-state index contributed by atoms with van der Waals surface area (Å²) in [4.78, 5) is 20.6. The SMILES string of the molecule is c1cc(N2CCOC(c3cn[nH]c3)C2)nc(-c2cnc3cnc(C4CC4)cn23)n1. The number of hydrogen-bond donors (Lipinski definition) is 1. The molecule has 29 heavy (non-hydrogen) atoms. The van der Waals surface area contributed by atoms with Gasteiger partial charge >= 0.3 is 0 Å². The Morgan fingerprint density at radius 3 is 2.93 bits per heavy atom. The molecule has 1 saturated carbocycles. The van der Waals surface area contributed by atoms with Gasteiger partial charge < -0.3 is 9.64 Å². The van der Waals surface area contributed by atoms with E-state index >= 15 is 0 Å². The Morgan fingerprint density at radius 2 is 2.07 bits per heavy atom. The Balaban J connectivity index is 1.33. The lowest BCUT2D eigenvalue weighted by Crippen LogP contribution is -2.38. The van der Waals surface area contributed by atoms with Crippen LogP contribution in [0.3, 0.4) is 0 Å². The number of H-pyrrole nitrogens is 1. The third-order valence-electron chi connectivity index (χ3n) is 5.56. The average Bonchev–Trinajstić information content (AvgIpc) is 3.31. The van der Waals surface area contributed by atoms with E-state index in [2.05, 4.69) is 36.2 Å². The monoisotopic (exact) mass is 388 g/mol. The van der Waals surface area contributed by atoms with Gasteiger partial charge in [-0.25, -0.2) is 15.0 Å². The minimum Gasteiger partial charge on any atom is -0.370 e. The van der Waals surface area contributed by atoms with Crippen molar-refractivity contribution in [2.75, 3.05) is 24.6 Å². The second-order valence-electron chi connectivity index (χ2n) is 7.53. The third kappa shape index (κ3) is 3.03. The topological polar surface area (TPSA) is 97.1 Å². The van der Waals surface area contributed by atoms with Crippen molar-refractivity contribution in [1.82, 2.24) is 34.5 Å². The summed E-state index contributed by atoms with van der Waals surface area (Å²) in [5.41, 5.74) is 3.85. The highest BCUT2D eigenvalue weighted by Crippen LogP contribution is 2.39. The number of rotatable bonds is 4. The van der Waals surface area contributed by atoms with Gasteiger partial charge in [0.2, 0.25) is 0 Å². The highest BCUT2D eigenvalue weighted by atomic mass is 16.5. The zero-order chi connectivity index (χ0) is 19.2. The first kappa shape index (κ1) is 16.6. The number of nitrogens with one attached hydrogen (secondary N) is 1. The van der Waals surface area contributed by atoms with Crippen molar-refractivity contribution in [1.29, 1.82) is 0 Å². The van der Waals surface area contributed by atoms with Gasteiger partial charge in [0.15, 0.2) is 11.5 Å². The highest BCUT2D eigenvalue weighted by Gasteiger charge is 2.26. The molecule has 9 heteroatoms. The molecule has 0 bridgehead atoms. The molecule has 6 rings (SSSR count). The molecule has 0 radical (unpaired) electrons. The molecule has 0 amide bonds. The first-order valence-corrected chi connectivity index (χ1v) is 9.87. The van der Waals surface area contributed by atoms with Crippen molar-refractivity contribution in [2.45, 2.75) is 24.9 Å². The number of aromatic nitrogens is 7. The molecule has 1 aliphatic carbocycles. The lowest BCUT2D eigenvalue weighted by Gasteiger charge is -2.33. The normalized spacial score (nSPS) is 19.7. The molecule has 146 valence electrons. The number of imidazole rings is 1. The van der Waals surface area contributed by atoms with Crippen LogP contribution in [0, 0.1) is 0 Å². The van der Waals surface area contributed by atoms with Gasteiger partial charge in [-0.2, -0.15) is 5.10 Å². The number of ether oxygens (including phenoxy) is 1. The quantitative estimate of drug-likeness (QED) is 0.573. The van der Waals surface area contributed by atoms with Crippen LogP contribution in [0.1, 0.15) is 36.1 Å². The van der Waals surface area contributed by atoms with Crippen LogP contribution >= 0.6 is 0 Å². The summed E-state index contributed by atoms with van der Waals surface area (Å²) in [7, 11) is 0. The summed E-state index contributed by atoms with van der Waals surface area (Å²) >= 11 is 0. The van der Waals surface area contributed by atoms with Crippen molar-refractivity contribution >= 4 is 11.5 Å². The zero-order valence-corrected chi connectivity index (χ0v) is 15.8. The predicted molar refractivity (Wildman–Crippen MR) is 105 cm³/mol. The van der Waals surface area contributed by atoms with E-state index in [4.69, 9.17) is 9.72 Å². The van der Waals surface area contributed by atoms with Crippen molar-refractivity contribution < 1.29 is 4.74 Å². The van der Waals surface area contributed by atoms with Crippen LogP contribution in [0.25, 0.3) is 17.2 Å². The molecule has 1 aliphatic heterocycles. The average molecular weight is 388 g/mol. The number of aromatic amines is 1. The van der Waals surface area contributed by atoms with E-state index < -0.39 is 0 Å². The van der Waals surface area contributed by atoms with E-state index in [1.54, 1.807) is 0 Å². The van der Waals surface area contributed by atoms with E-state index in [1.807, 2.05) is 41.5 Å². The van der Waals surface area contributed by atoms with Crippen LogP contribution in [0.15, 0.2) is 43.2 Å². The number of fused-ring (bicyclic) bond motifs is 1. The minimum absolute atomic E-state index is 0.0242. The summed E-state index contributed by atoms with van der Waals surface area (Å²) in [6.07, 6.45) is 13.6. The second-order valence-corrected chi connectivity index (χ2v) is 7.53. The summed E-state index contributed by atoms with van der Waals surface area (Å²) in [5, 5.41) is 6.89. The van der Waals surface area contributed by atoms with E-state index in [0.29, 0.717) is 18.3 Å². The molecule has 5 heterocycles. The molecule has 2 fully saturated rings. The van der Waals surface area contributed by atoms with Crippen LogP contribution in [-0.2, 0) is 4.74 Å². The van der Waals surface area contributed by atoms with Gasteiger partial charge in [-0.3, -0.25) is 14.5 Å². The molecular formula is C20H20N8O. The first-order valence-electron chi connectivity index (χ1n) is 9.87. The number of nitrogens with zero attached hydrogens (tertiary/aromatic N) is 7. The van der Waals surface area contributed by atoms with Crippen LogP contribution in [0.5, 0.6) is 0 Å². The van der Waals surface area contributed by atoms with E-state index in [0.717, 1.165) is 41.5 Å². The van der Waals surface area contributed by atoms with Gasteiger partial charge in [0.1, 0.15) is 17.6 Å². The van der Waals surface area contributed by atoms with Crippen LogP contribution in [0.2, 0.25) is 0 Å². The van der Waals surface area contributed by atoms with Gasteiger partial charge in [-0.1, -0.05) is 0 Å². The molecule has 0 spiro atoms. The van der Waals surface area contributed by atoms with E-state index in [9.17, 15) is 0 Å². The molecule has 0 aromatic carbocycles. The van der Waals surface area contributed by atoms with Crippen molar-refractivity contribution in [2.24, 2.45) is 0 Å². The lowest BCUT2D eigenvalue weighted by molar-refractivity contribution is 0.0395. The summed E-state index contributed by atoms with van der Waals surface area (Å²) in [6, 6.07) is 1.95. The van der Waals surface area contributed by atoms with E-state index in [1.165, 1.54) is 12.8 Å². The van der Waals surface area contributed by atoms with Gasteiger partial charge in [0.05, 0.1) is 30.9 Å². The Morgan fingerprint density at radius 1 is 1.10 bits per heavy atom. The standard InChI is InChI=1S/C20H20N8O/c1-2-13(1)15-11-28-16(9-23-19(28)10-22-15)20-21-4-3-18(26-20)27-5-6-29-17(12-27)14-7-24-25-8-14/h3-4,7-11,13,17H,1-2,5-6,12H2,(H,24,25). The van der Waals surface area contributed by atoms with Gasteiger partial charge in [-0.05, 0) is 18.9 Å². The van der Waals surface area contributed by atoms with Crippen LogP contribution in [0.4, 0.5) is 5.82 Å². The lowest BCUT2D eigenvalue weighted by atomic mass is 10.1. The predicted octanol–water partition coefficient (Wildman–Crippen LogP) is 2.36. The van der Waals surface area contributed by atoms with Crippen molar-refractivity contribution in [3.8, 4) is 11.5 Å². The summed E-state index contributed by atoms with van der Waals surface area (Å²) < 4.78 is 7.96. The molecule has 2 aliphatic rings. The fourth-order valence-electron chi connectivity index (χ4n) is 3.80. The number of morpholine rings is 1. The molecule has 1 atom stereocenters. The maximum absolute atomic E-state index is 5.91. The Bertz CT molecular complexity index is 1150. The second kappa shape index (κ2) is 6.63. The largest absolute Gasteiger partial charge is 0.370 e. The number of hydrogen-bond acceptors (Lipinski definition) is 7. The Labute approximate surface area is 166 Å². The van der Waals surface area contributed by atoms with Crippen LogP contribution < -0.4 is 4.90 Å². The Hall–Kier alpha value is -3.33. The minimum atomic E-state index is -0.0242. The van der Waals surface area contributed by atoms with Crippen LogP contribution in [-0.4, -0.2) is 54.2 Å².